The molecule has 6 nitrogen and oxygen atoms in total. The second kappa shape index (κ2) is 6.22. The molecular formula is C20H19N3O3. The Hall–Kier alpha value is -3.28. The largest absolute Gasteiger partial charge is 0.457 e. The molecule has 0 radical (unpaired) electrons. The molecule has 1 aromatic heterocycles. The number of rotatable bonds is 3. The molecule has 132 valence electrons. The smallest absolute Gasteiger partial charge is 0.257 e. The monoisotopic (exact) mass is 349 g/mol. The molecule has 0 saturated carbocycles. The summed E-state index contributed by atoms with van der Waals surface area (Å²) in [6, 6.07) is 16.9. The van der Waals surface area contributed by atoms with Gasteiger partial charge in [-0.25, -0.2) is 0 Å². The van der Waals surface area contributed by atoms with Crippen LogP contribution in [0.25, 0.3) is 11.0 Å². The molecule has 2 heterocycles. The van der Waals surface area contributed by atoms with E-state index in [2.05, 4.69) is 5.32 Å². The maximum absolute atomic E-state index is 12.9. The summed E-state index contributed by atoms with van der Waals surface area (Å²) in [7, 11) is 3.33. The van der Waals surface area contributed by atoms with E-state index in [1.807, 2.05) is 53.4 Å². The van der Waals surface area contributed by atoms with Crippen molar-refractivity contribution in [2.45, 2.75) is 6.17 Å². The molecule has 1 aliphatic rings. The molecule has 2 aromatic carbocycles. The van der Waals surface area contributed by atoms with Gasteiger partial charge in [-0.3, -0.25) is 9.59 Å². The molecule has 0 aliphatic carbocycles. The van der Waals surface area contributed by atoms with Crippen molar-refractivity contribution in [1.29, 1.82) is 0 Å². The highest BCUT2D eigenvalue weighted by atomic mass is 16.3. The number of furan rings is 1. The molecule has 1 N–H and O–H groups in total. The van der Waals surface area contributed by atoms with Crippen LogP contribution in [0.1, 0.15) is 22.3 Å². The van der Waals surface area contributed by atoms with Gasteiger partial charge >= 0.3 is 0 Å². The Morgan fingerprint density at radius 3 is 2.65 bits per heavy atom. The van der Waals surface area contributed by atoms with Gasteiger partial charge in [-0.05, 0) is 24.3 Å². The van der Waals surface area contributed by atoms with Crippen molar-refractivity contribution in [1.82, 2.24) is 10.2 Å². The topological polar surface area (TPSA) is 65.8 Å². The van der Waals surface area contributed by atoms with Crippen LogP contribution in [0.5, 0.6) is 0 Å². The molecule has 0 spiro atoms. The fourth-order valence-corrected chi connectivity index (χ4v) is 3.43. The third-order valence-electron chi connectivity index (χ3n) is 4.72. The van der Waals surface area contributed by atoms with E-state index in [0.29, 0.717) is 11.3 Å². The number of nitrogens with zero attached hydrogens (tertiary/aromatic N) is 2. The van der Waals surface area contributed by atoms with Crippen LogP contribution in [-0.4, -0.2) is 37.4 Å². The first-order chi connectivity index (χ1) is 12.6. The molecule has 6 heteroatoms. The maximum Gasteiger partial charge on any atom is 0.257 e. The number of hydrogen-bond donors (Lipinski definition) is 1. The average molecular weight is 349 g/mol. The van der Waals surface area contributed by atoms with Crippen LogP contribution in [-0.2, 0) is 4.79 Å². The quantitative estimate of drug-likeness (QED) is 0.790. The van der Waals surface area contributed by atoms with Gasteiger partial charge in [0.2, 0.25) is 5.91 Å². The van der Waals surface area contributed by atoms with Gasteiger partial charge in [0.15, 0.2) is 6.17 Å². The summed E-state index contributed by atoms with van der Waals surface area (Å²) >= 11 is 0. The molecule has 0 saturated heterocycles. The summed E-state index contributed by atoms with van der Waals surface area (Å²) in [5.41, 5.74) is 2.05. The minimum absolute atomic E-state index is 0.0980. The van der Waals surface area contributed by atoms with Gasteiger partial charge in [-0.1, -0.05) is 30.3 Å². The van der Waals surface area contributed by atoms with E-state index >= 15 is 0 Å². The number of anilines is 1. The number of hydrogen-bond acceptors (Lipinski definition) is 4. The van der Waals surface area contributed by atoms with E-state index < -0.39 is 6.17 Å². The standard InChI is InChI=1S/C20H19N3O3/c1-21-18(24)12-23-15-9-5-4-8-14(15)20(25)22(2)19(23)17-11-13-7-3-6-10-16(13)26-17/h3-11,19H,12H2,1-2H3,(H,21,24)/t19-/m0/s1. The van der Waals surface area contributed by atoms with Crippen molar-refractivity contribution in [3.05, 3.63) is 65.9 Å². The lowest BCUT2D eigenvalue weighted by molar-refractivity contribution is -0.119. The fraction of sp³-hybridized carbons (Fsp3) is 0.200. The minimum atomic E-state index is -0.498. The summed E-state index contributed by atoms with van der Waals surface area (Å²) in [5.74, 6) is 0.392. The number of carbonyl (C=O) groups excluding carboxylic acids is 2. The second-order valence-electron chi connectivity index (χ2n) is 6.29. The highest BCUT2D eigenvalue weighted by Gasteiger charge is 2.38. The van der Waals surface area contributed by atoms with E-state index in [0.717, 1.165) is 16.7 Å². The number of para-hydroxylation sites is 2. The van der Waals surface area contributed by atoms with E-state index in [1.54, 1.807) is 25.1 Å². The second-order valence-corrected chi connectivity index (χ2v) is 6.29. The van der Waals surface area contributed by atoms with Crippen LogP contribution in [0.2, 0.25) is 0 Å². The maximum atomic E-state index is 12.9. The van der Waals surface area contributed by atoms with Gasteiger partial charge in [0.05, 0.1) is 17.8 Å². The summed E-state index contributed by atoms with van der Waals surface area (Å²) in [6.07, 6.45) is -0.498. The first-order valence-corrected chi connectivity index (χ1v) is 8.42. The number of nitrogens with one attached hydrogen (secondary N) is 1. The molecule has 0 unspecified atom stereocenters. The molecule has 0 fully saturated rings. The van der Waals surface area contributed by atoms with Crippen LogP contribution in [0.3, 0.4) is 0 Å². The molecule has 1 atom stereocenters. The van der Waals surface area contributed by atoms with Gasteiger partial charge in [0, 0.05) is 19.5 Å². The predicted octanol–water partition coefficient (Wildman–Crippen LogP) is 2.77. The first-order valence-electron chi connectivity index (χ1n) is 8.42. The minimum Gasteiger partial charge on any atom is -0.457 e. The van der Waals surface area contributed by atoms with Gasteiger partial charge in [0.1, 0.15) is 11.3 Å². The lowest BCUT2D eigenvalue weighted by Gasteiger charge is -2.42. The van der Waals surface area contributed by atoms with Crippen LogP contribution in [0, 0.1) is 0 Å². The Labute approximate surface area is 151 Å². The Morgan fingerprint density at radius 2 is 1.88 bits per heavy atom. The summed E-state index contributed by atoms with van der Waals surface area (Å²) < 4.78 is 6.02. The molecule has 0 bridgehead atoms. The number of fused-ring (bicyclic) bond motifs is 2. The third kappa shape index (κ3) is 2.50. The lowest BCUT2D eigenvalue weighted by atomic mass is 10.0. The fourth-order valence-electron chi connectivity index (χ4n) is 3.43. The number of carbonyl (C=O) groups is 2. The Bertz CT molecular complexity index is 962. The number of benzene rings is 2. The van der Waals surface area contributed by atoms with Crippen molar-refractivity contribution >= 4 is 28.5 Å². The zero-order chi connectivity index (χ0) is 18.3. The Kier molecular flexibility index (Phi) is 3.88. The molecular weight excluding hydrogens is 330 g/mol. The summed E-state index contributed by atoms with van der Waals surface area (Å²) in [6.45, 7) is 0.118. The van der Waals surface area contributed by atoms with Crippen molar-refractivity contribution in [2.24, 2.45) is 0 Å². The highest BCUT2D eigenvalue weighted by molar-refractivity contribution is 6.02. The van der Waals surface area contributed by atoms with Gasteiger partial charge in [-0.15, -0.1) is 0 Å². The van der Waals surface area contributed by atoms with Crippen LogP contribution >= 0.6 is 0 Å². The molecule has 2 amide bonds. The molecule has 4 rings (SSSR count). The normalized spacial score (nSPS) is 16.7. The SMILES string of the molecule is CNC(=O)CN1c2ccccc2C(=O)N(C)[C@@H]1c1cc2ccccc2o1. The molecule has 1 aliphatic heterocycles. The van der Waals surface area contributed by atoms with Crippen molar-refractivity contribution in [3.63, 3.8) is 0 Å². The average Bonchev–Trinajstić information content (AvgIpc) is 3.09. The van der Waals surface area contributed by atoms with E-state index in [-0.39, 0.29) is 18.4 Å². The van der Waals surface area contributed by atoms with Crippen LogP contribution in [0.4, 0.5) is 5.69 Å². The number of amides is 2. The van der Waals surface area contributed by atoms with Crippen LogP contribution < -0.4 is 10.2 Å². The van der Waals surface area contributed by atoms with Crippen molar-refractivity contribution in [3.8, 4) is 0 Å². The number of likely N-dealkylation sites (N-methyl/N-ethyl adjacent to an activating group) is 1. The van der Waals surface area contributed by atoms with Crippen molar-refractivity contribution < 1.29 is 14.0 Å². The predicted molar refractivity (Wildman–Crippen MR) is 98.9 cm³/mol. The lowest BCUT2D eigenvalue weighted by Crippen LogP contribution is -2.50. The van der Waals surface area contributed by atoms with Crippen molar-refractivity contribution in [2.75, 3.05) is 25.5 Å². The Balaban J connectivity index is 1.87. The van der Waals surface area contributed by atoms with Crippen LogP contribution in [0.15, 0.2) is 59.0 Å². The zero-order valence-corrected chi connectivity index (χ0v) is 14.6. The Morgan fingerprint density at radius 1 is 1.15 bits per heavy atom. The summed E-state index contributed by atoms with van der Waals surface area (Å²) in [5, 5.41) is 3.61. The first kappa shape index (κ1) is 16.2. The van der Waals surface area contributed by atoms with Gasteiger partial charge in [-0.2, -0.15) is 0 Å². The third-order valence-corrected chi connectivity index (χ3v) is 4.72. The van der Waals surface area contributed by atoms with E-state index in [4.69, 9.17) is 4.42 Å². The molecule has 26 heavy (non-hydrogen) atoms. The van der Waals surface area contributed by atoms with E-state index in [1.165, 1.54) is 0 Å². The zero-order valence-electron chi connectivity index (χ0n) is 14.6. The van der Waals surface area contributed by atoms with Gasteiger partial charge in [0.25, 0.3) is 5.91 Å². The molecule has 3 aromatic rings. The van der Waals surface area contributed by atoms with Gasteiger partial charge < -0.3 is 19.5 Å². The summed E-state index contributed by atoms with van der Waals surface area (Å²) in [4.78, 5) is 28.5. The van der Waals surface area contributed by atoms with E-state index in [9.17, 15) is 9.59 Å². The highest BCUT2D eigenvalue weighted by Crippen LogP contribution is 2.39.